The van der Waals surface area contributed by atoms with Gasteiger partial charge in [-0.1, -0.05) is 24.3 Å². The van der Waals surface area contributed by atoms with Gasteiger partial charge in [0.25, 0.3) is 0 Å². The van der Waals surface area contributed by atoms with E-state index < -0.39 is 17.8 Å². The highest BCUT2D eigenvalue weighted by atomic mass is 19.4. The van der Waals surface area contributed by atoms with Crippen molar-refractivity contribution in [2.24, 2.45) is 0 Å². The molecule has 2 aliphatic rings. The average Bonchev–Trinajstić information content (AvgIpc) is 3.19. The van der Waals surface area contributed by atoms with Gasteiger partial charge in [-0.2, -0.15) is 13.2 Å². The second-order valence-corrected chi connectivity index (χ2v) is 8.99. The second-order valence-electron chi connectivity index (χ2n) is 8.99. The van der Waals surface area contributed by atoms with Gasteiger partial charge >= 0.3 is 12.3 Å². The van der Waals surface area contributed by atoms with Gasteiger partial charge in [0.1, 0.15) is 11.9 Å². The van der Waals surface area contributed by atoms with E-state index in [1.807, 2.05) is 0 Å². The lowest BCUT2D eigenvalue weighted by Crippen LogP contribution is -2.41. The van der Waals surface area contributed by atoms with E-state index in [2.05, 4.69) is 9.88 Å². The first kappa shape index (κ1) is 23.4. The monoisotopic (exact) mass is 486 g/mol. The summed E-state index contributed by atoms with van der Waals surface area (Å²) in [7, 11) is 0. The van der Waals surface area contributed by atoms with E-state index in [0.717, 1.165) is 19.2 Å². The highest BCUT2D eigenvalue weighted by Crippen LogP contribution is 2.38. The van der Waals surface area contributed by atoms with Crippen LogP contribution in [0.3, 0.4) is 0 Å². The van der Waals surface area contributed by atoms with Crippen LogP contribution in [0.25, 0.3) is 22.0 Å². The lowest BCUT2D eigenvalue weighted by atomic mass is 10.0. The molecule has 2 aliphatic heterocycles. The van der Waals surface area contributed by atoms with Crippen LogP contribution in [-0.2, 0) is 10.9 Å². The zero-order valence-electron chi connectivity index (χ0n) is 18.8. The Balaban J connectivity index is 1.39. The number of benzene rings is 2. The number of likely N-dealkylation sites (tertiary alicyclic amines) is 1. The van der Waals surface area contributed by atoms with E-state index >= 15 is 0 Å². The molecule has 7 nitrogen and oxygen atoms in total. The maximum Gasteiger partial charge on any atom is 0.417 e. The average molecular weight is 486 g/mol. The van der Waals surface area contributed by atoms with Crippen molar-refractivity contribution in [1.82, 2.24) is 9.88 Å². The number of halogens is 3. The smallest absolute Gasteiger partial charge is 0.417 e. The van der Waals surface area contributed by atoms with Crippen LogP contribution in [0.1, 0.15) is 18.4 Å². The highest BCUT2D eigenvalue weighted by Gasteiger charge is 2.35. The van der Waals surface area contributed by atoms with Crippen LogP contribution in [-0.4, -0.2) is 59.5 Å². The zero-order valence-corrected chi connectivity index (χ0v) is 18.8. The summed E-state index contributed by atoms with van der Waals surface area (Å²) < 4.78 is 46.0. The molecule has 2 saturated heterocycles. The molecule has 0 radical (unpaired) electrons. The van der Waals surface area contributed by atoms with Crippen molar-refractivity contribution in [1.29, 1.82) is 0 Å². The Kier molecular flexibility index (Phi) is 6.02. The van der Waals surface area contributed by atoms with Crippen LogP contribution in [0.2, 0.25) is 0 Å². The van der Waals surface area contributed by atoms with Crippen molar-refractivity contribution in [2.45, 2.75) is 31.2 Å². The van der Waals surface area contributed by atoms with Gasteiger partial charge in [-0.05, 0) is 42.5 Å². The third-order valence-electron chi connectivity index (χ3n) is 6.56. The van der Waals surface area contributed by atoms with Crippen LogP contribution < -0.4 is 10.6 Å². The van der Waals surface area contributed by atoms with E-state index in [4.69, 9.17) is 10.5 Å². The number of nitrogens with two attached hydrogens (primary N) is 1. The molecule has 1 aromatic heterocycles. The van der Waals surface area contributed by atoms with Crippen LogP contribution in [0, 0.1) is 0 Å². The first-order chi connectivity index (χ1) is 16.7. The van der Waals surface area contributed by atoms with Crippen LogP contribution in [0.5, 0.6) is 0 Å². The van der Waals surface area contributed by atoms with E-state index in [0.29, 0.717) is 42.4 Å². The molecular weight excluding hydrogens is 461 g/mol. The Labute approximate surface area is 199 Å². The number of aromatic nitrogens is 1. The Hall–Kier alpha value is -3.37. The van der Waals surface area contributed by atoms with Crippen molar-refractivity contribution in [3.63, 3.8) is 0 Å². The third kappa shape index (κ3) is 4.76. The number of alkyl halides is 3. The van der Waals surface area contributed by atoms with Crippen molar-refractivity contribution < 1.29 is 27.8 Å². The normalized spacial score (nSPS) is 19.9. The van der Waals surface area contributed by atoms with Gasteiger partial charge in [0.05, 0.1) is 23.9 Å². The maximum atomic E-state index is 13.5. The minimum atomic E-state index is -4.52. The second kappa shape index (κ2) is 9.01. The maximum absolute atomic E-state index is 13.5. The molecular formula is C25H25F3N4O3. The Morgan fingerprint density at radius 3 is 2.60 bits per heavy atom. The molecule has 3 heterocycles. The van der Waals surface area contributed by atoms with Crippen molar-refractivity contribution in [3.8, 4) is 11.3 Å². The fourth-order valence-electron chi connectivity index (χ4n) is 4.74. The summed E-state index contributed by atoms with van der Waals surface area (Å²) in [6.07, 6.45) is -4.15. The van der Waals surface area contributed by atoms with E-state index in [-0.39, 0.29) is 29.3 Å². The summed E-state index contributed by atoms with van der Waals surface area (Å²) in [6, 6.07) is 12.0. The number of anilines is 2. The largest absolute Gasteiger partial charge is 0.443 e. The molecule has 1 atom stereocenters. The number of nitrogen functional groups attached to an aromatic ring is 1. The number of carbonyl (C=O) groups excluding carboxylic acids is 1. The summed E-state index contributed by atoms with van der Waals surface area (Å²) in [5.74, 6) is 0.0762. The number of hydrogen-bond acceptors (Lipinski definition) is 6. The summed E-state index contributed by atoms with van der Waals surface area (Å²) in [5, 5.41) is 10.8. The highest BCUT2D eigenvalue weighted by molar-refractivity contribution is 5.99. The first-order valence-electron chi connectivity index (χ1n) is 11.4. The van der Waals surface area contributed by atoms with Gasteiger partial charge in [-0.25, -0.2) is 9.78 Å². The lowest BCUT2D eigenvalue weighted by molar-refractivity contribution is -0.137. The number of aliphatic hydroxyl groups is 1. The number of pyridine rings is 1. The number of nitrogens with zero attached hydrogens (tertiary/aromatic N) is 3. The van der Waals surface area contributed by atoms with E-state index in [1.54, 1.807) is 24.3 Å². The third-order valence-corrected chi connectivity index (χ3v) is 6.56. The lowest BCUT2D eigenvalue weighted by Gasteiger charge is -2.30. The zero-order chi connectivity index (χ0) is 24.7. The minimum absolute atomic E-state index is 0.0473. The van der Waals surface area contributed by atoms with Crippen molar-refractivity contribution in [3.05, 3.63) is 54.1 Å². The number of fused-ring (bicyclic) bond motifs is 1. The number of piperidine rings is 1. The molecule has 0 aliphatic carbocycles. The first-order valence-corrected chi connectivity index (χ1v) is 11.4. The van der Waals surface area contributed by atoms with Gasteiger partial charge in [-0.3, -0.25) is 9.80 Å². The van der Waals surface area contributed by atoms with Gasteiger partial charge in [0, 0.05) is 36.3 Å². The molecule has 3 N–H and O–H groups in total. The molecule has 5 rings (SSSR count). The van der Waals surface area contributed by atoms with Crippen LogP contribution in [0.15, 0.2) is 48.5 Å². The Bertz CT molecular complexity index is 1260. The summed E-state index contributed by atoms with van der Waals surface area (Å²) in [4.78, 5) is 20.5. The number of rotatable bonds is 4. The van der Waals surface area contributed by atoms with Crippen molar-refractivity contribution >= 4 is 28.4 Å². The molecule has 2 fully saturated rings. The number of ether oxygens (including phenoxy) is 1. The fraction of sp³-hybridized carbons (Fsp3) is 0.360. The summed E-state index contributed by atoms with van der Waals surface area (Å²) in [6.45, 7) is 2.47. The molecule has 0 spiro atoms. The quantitative estimate of drug-likeness (QED) is 0.572. The molecule has 0 unspecified atom stereocenters. The van der Waals surface area contributed by atoms with Crippen LogP contribution in [0.4, 0.5) is 29.5 Å². The minimum Gasteiger partial charge on any atom is -0.443 e. The predicted octanol–water partition coefficient (Wildman–Crippen LogP) is 4.28. The molecule has 0 saturated carbocycles. The SMILES string of the molecule is Nc1nc(-c2ccccc2C(F)(F)F)cc2ccc(N3C[C@H](CN4CCC(O)CC4)OC3=O)cc12. The summed E-state index contributed by atoms with van der Waals surface area (Å²) >= 11 is 0. The predicted molar refractivity (Wildman–Crippen MR) is 126 cm³/mol. The standard InChI is InChI=1S/C25H25F3N4O3/c26-25(27,28)21-4-2-1-3-19(21)22-11-15-5-6-16(12-20(15)23(29)30-22)32-14-18(35-24(32)34)13-31-9-7-17(33)8-10-31/h1-6,11-12,17-18,33H,7-10,13-14H2,(H2,29,30)/t18-/m0/s1. The molecule has 184 valence electrons. The summed E-state index contributed by atoms with van der Waals surface area (Å²) in [5.41, 5.74) is 6.04. The fourth-order valence-corrected chi connectivity index (χ4v) is 4.74. The van der Waals surface area contributed by atoms with Gasteiger partial charge in [0.2, 0.25) is 0 Å². The number of amides is 1. The number of cyclic esters (lactones) is 1. The van der Waals surface area contributed by atoms with Gasteiger partial charge in [-0.15, -0.1) is 0 Å². The van der Waals surface area contributed by atoms with Crippen molar-refractivity contribution in [2.75, 3.05) is 36.8 Å². The Morgan fingerprint density at radius 2 is 1.86 bits per heavy atom. The molecule has 35 heavy (non-hydrogen) atoms. The Morgan fingerprint density at radius 1 is 1.11 bits per heavy atom. The molecule has 2 aromatic carbocycles. The van der Waals surface area contributed by atoms with Gasteiger partial charge < -0.3 is 15.6 Å². The van der Waals surface area contributed by atoms with E-state index in [1.165, 1.54) is 23.1 Å². The van der Waals surface area contributed by atoms with E-state index in [9.17, 15) is 23.1 Å². The van der Waals surface area contributed by atoms with Crippen LogP contribution >= 0.6 is 0 Å². The van der Waals surface area contributed by atoms with Gasteiger partial charge in [0.15, 0.2) is 0 Å². The molecule has 3 aromatic rings. The molecule has 0 bridgehead atoms. The number of hydrogen-bond donors (Lipinski definition) is 2. The molecule has 1 amide bonds. The molecule has 10 heteroatoms. The number of aliphatic hydroxyl groups excluding tert-OH is 1. The topological polar surface area (TPSA) is 91.9 Å². The number of carbonyl (C=O) groups is 1.